The minimum absolute atomic E-state index is 0.141. The number of pyridine rings is 1. The summed E-state index contributed by atoms with van der Waals surface area (Å²) in [5.74, 6) is 0.835. The van der Waals surface area contributed by atoms with Crippen LogP contribution in [0.2, 0.25) is 0 Å². The Morgan fingerprint density at radius 1 is 1.12 bits per heavy atom. The van der Waals surface area contributed by atoms with Gasteiger partial charge in [0.05, 0.1) is 24.2 Å². The Kier molecular flexibility index (Phi) is 5.26. The summed E-state index contributed by atoms with van der Waals surface area (Å²) in [6.45, 7) is 2.27. The number of hydrogen-bond acceptors (Lipinski definition) is 5. The Bertz CT molecular complexity index is 834. The monoisotopic (exact) mass is 338 g/mol. The first kappa shape index (κ1) is 16.5. The Labute approximate surface area is 145 Å². The molecule has 0 aliphatic rings. The van der Waals surface area contributed by atoms with Crippen molar-refractivity contribution >= 4 is 11.6 Å². The Hall–Kier alpha value is -3.35. The van der Waals surface area contributed by atoms with Crippen molar-refractivity contribution in [1.29, 1.82) is 0 Å². The minimum Gasteiger partial charge on any atom is -0.490 e. The molecule has 3 aromatic rings. The highest BCUT2D eigenvalue weighted by Crippen LogP contribution is 2.26. The molecule has 25 heavy (non-hydrogen) atoms. The molecule has 0 saturated heterocycles. The predicted molar refractivity (Wildman–Crippen MR) is 93.1 cm³/mol. The lowest BCUT2D eigenvalue weighted by Gasteiger charge is -2.13. The van der Waals surface area contributed by atoms with Crippen molar-refractivity contribution in [3.05, 3.63) is 61.2 Å². The summed E-state index contributed by atoms with van der Waals surface area (Å²) < 4.78 is 12.7. The standard InChI is InChI=1S/C18H18N4O3/c1-2-24-16-6-3-4-7-17(16)25-13-18(23)21-14-12-19-10-8-15(14)22-11-5-9-20-22/h3-12H,2,13H2,1H3,(H,21,23). The second-order valence-electron chi connectivity index (χ2n) is 5.06. The molecule has 7 heteroatoms. The van der Waals surface area contributed by atoms with Gasteiger partial charge in [-0.05, 0) is 31.2 Å². The third-order valence-electron chi connectivity index (χ3n) is 3.33. The zero-order chi connectivity index (χ0) is 17.5. The Balaban J connectivity index is 1.66. The number of carbonyl (C=O) groups is 1. The number of nitrogens with one attached hydrogen (secondary N) is 1. The van der Waals surface area contributed by atoms with E-state index in [4.69, 9.17) is 9.47 Å². The normalized spacial score (nSPS) is 10.3. The van der Waals surface area contributed by atoms with Crippen molar-refractivity contribution in [1.82, 2.24) is 14.8 Å². The number of hydrogen-bond donors (Lipinski definition) is 1. The first-order chi connectivity index (χ1) is 12.3. The number of anilines is 1. The maximum atomic E-state index is 12.2. The third-order valence-corrected chi connectivity index (χ3v) is 3.33. The molecule has 0 atom stereocenters. The van der Waals surface area contributed by atoms with Gasteiger partial charge in [0.25, 0.3) is 5.91 Å². The highest BCUT2D eigenvalue weighted by atomic mass is 16.5. The smallest absolute Gasteiger partial charge is 0.262 e. The third kappa shape index (κ3) is 4.14. The molecule has 2 heterocycles. The van der Waals surface area contributed by atoms with E-state index in [9.17, 15) is 4.79 Å². The molecule has 0 spiro atoms. The van der Waals surface area contributed by atoms with Gasteiger partial charge in [-0.25, -0.2) is 4.68 Å². The molecule has 0 unspecified atom stereocenters. The van der Waals surface area contributed by atoms with Crippen LogP contribution in [-0.2, 0) is 4.79 Å². The van der Waals surface area contributed by atoms with E-state index in [1.165, 1.54) is 0 Å². The average molecular weight is 338 g/mol. The number of rotatable bonds is 7. The number of amides is 1. The summed E-state index contributed by atoms with van der Waals surface area (Å²) in [6.07, 6.45) is 6.67. The highest BCUT2D eigenvalue weighted by molar-refractivity contribution is 5.93. The maximum Gasteiger partial charge on any atom is 0.262 e. The summed E-state index contributed by atoms with van der Waals surface area (Å²) in [5.41, 5.74) is 1.28. The van der Waals surface area contributed by atoms with E-state index in [1.807, 2.05) is 19.1 Å². The molecule has 1 amide bonds. The van der Waals surface area contributed by atoms with Gasteiger partial charge in [0.1, 0.15) is 0 Å². The van der Waals surface area contributed by atoms with Crippen LogP contribution in [0.4, 0.5) is 5.69 Å². The van der Waals surface area contributed by atoms with Crippen LogP contribution >= 0.6 is 0 Å². The fourth-order valence-corrected chi connectivity index (χ4v) is 2.27. The van der Waals surface area contributed by atoms with Gasteiger partial charge in [0, 0.05) is 18.6 Å². The molecular weight excluding hydrogens is 320 g/mol. The van der Waals surface area contributed by atoms with Crippen LogP contribution in [0.25, 0.3) is 5.69 Å². The van der Waals surface area contributed by atoms with E-state index >= 15 is 0 Å². The molecule has 0 radical (unpaired) electrons. The predicted octanol–water partition coefficient (Wildman–Crippen LogP) is 2.68. The van der Waals surface area contributed by atoms with Crippen molar-refractivity contribution in [3.63, 3.8) is 0 Å². The van der Waals surface area contributed by atoms with Crippen molar-refractivity contribution in [2.45, 2.75) is 6.92 Å². The SMILES string of the molecule is CCOc1ccccc1OCC(=O)Nc1cnccc1-n1cccn1. The van der Waals surface area contributed by atoms with E-state index in [0.29, 0.717) is 23.8 Å². The van der Waals surface area contributed by atoms with Crippen LogP contribution in [-0.4, -0.2) is 33.9 Å². The van der Waals surface area contributed by atoms with Crippen LogP contribution in [0.3, 0.4) is 0 Å². The van der Waals surface area contributed by atoms with Crippen LogP contribution < -0.4 is 14.8 Å². The molecule has 1 aromatic carbocycles. The Morgan fingerprint density at radius 2 is 1.92 bits per heavy atom. The van der Waals surface area contributed by atoms with Gasteiger partial charge in [-0.1, -0.05) is 12.1 Å². The van der Waals surface area contributed by atoms with Crippen molar-refractivity contribution in [3.8, 4) is 17.2 Å². The first-order valence-electron chi connectivity index (χ1n) is 7.86. The molecule has 0 bridgehead atoms. The first-order valence-corrected chi connectivity index (χ1v) is 7.86. The van der Waals surface area contributed by atoms with E-state index in [-0.39, 0.29) is 12.5 Å². The summed E-state index contributed by atoms with van der Waals surface area (Å²) >= 11 is 0. The largest absolute Gasteiger partial charge is 0.490 e. The van der Waals surface area contributed by atoms with Crippen LogP contribution in [0, 0.1) is 0 Å². The molecule has 3 rings (SSSR count). The quantitative estimate of drug-likeness (QED) is 0.716. The topological polar surface area (TPSA) is 78.3 Å². The number of aromatic nitrogens is 3. The van der Waals surface area contributed by atoms with Crippen molar-refractivity contribution in [2.24, 2.45) is 0 Å². The van der Waals surface area contributed by atoms with Gasteiger partial charge in [-0.3, -0.25) is 9.78 Å². The molecule has 1 N–H and O–H groups in total. The lowest BCUT2D eigenvalue weighted by molar-refractivity contribution is -0.118. The molecule has 2 aromatic heterocycles. The van der Waals surface area contributed by atoms with Crippen molar-refractivity contribution in [2.75, 3.05) is 18.5 Å². The summed E-state index contributed by atoms with van der Waals surface area (Å²) in [4.78, 5) is 16.3. The molecule has 128 valence electrons. The number of ether oxygens (including phenoxy) is 2. The number of carbonyl (C=O) groups excluding carboxylic acids is 1. The van der Waals surface area contributed by atoms with E-state index in [0.717, 1.165) is 5.69 Å². The molecule has 0 saturated carbocycles. The molecule has 0 aliphatic heterocycles. The average Bonchev–Trinajstić information content (AvgIpc) is 3.16. The van der Waals surface area contributed by atoms with Crippen LogP contribution in [0.15, 0.2) is 61.2 Å². The van der Waals surface area contributed by atoms with Gasteiger partial charge in [-0.15, -0.1) is 0 Å². The maximum absolute atomic E-state index is 12.2. The van der Waals surface area contributed by atoms with Gasteiger partial charge >= 0.3 is 0 Å². The zero-order valence-electron chi connectivity index (χ0n) is 13.8. The Morgan fingerprint density at radius 3 is 2.64 bits per heavy atom. The number of benzene rings is 1. The van der Waals surface area contributed by atoms with E-state index in [1.54, 1.807) is 53.7 Å². The lowest BCUT2D eigenvalue weighted by atomic mass is 10.3. The van der Waals surface area contributed by atoms with E-state index < -0.39 is 0 Å². The number of nitrogens with zero attached hydrogens (tertiary/aromatic N) is 3. The van der Waals surface area contributed by atoms with Gasteiger partial charge in [-0.2, -0.15) is 5.10 Å². The fraction of sp³-hybridized carbons (Fsp3) is 0.167. The van der Waals surface area contributed by atoms with Crippen LogP contribution in [0.1, 0.15) is 6.92 Å². The number of para-hydroxylation sites is 2. The zero-order valence-corrected chi connectivity index (χ0v) is 13.8. The van der Waals surface area contributed by atoms with Gasteiger partial charge in [0.2, 0.25) is 0 Å². The molecule has 0 aliphatic carbocycles. The molecule has 0 fully saturated rings. The minimum atomic E-state index is -0.298. The molecular formula is C18H18N4O3. The fourth-order valence-electron chi connectivity index (χ4n) is 2.27. The molecule has 7 nitrogen and oxygen atoms in total. The summed E-state index contributed by atoms with van der Waals surface area (Å²) in [7, 11) is 0. The lowest BCUT2D eigenvalue weighted by Crippen LogP contribution is -2.21. The van der Waals surface area contributed by atoms with Crippen molar-refractivity contribution < 1.29 is 14.3 Å². The van der Waals surface area contributed by atoms with Crippen LogP contribution in [0.5, 0.6) is 11.5 Å². The highest BCUT2D eigenvalue weighted by Gasteiger charge is 2.11. The summed E-state index contributed by atoms with van der Waals surface area (Å²) in [5, 5.41) is 6.96. The second kappa shape index (κ2) is 7.96. The van der Waals surface area contributed by atoms with E-state index in [2.05, 4.69) is 15.4 Å². The summed E-state index contributed by atoms with van der Waals surface area (Å²) in [6, 6.07) is 10.8. The van der Waals surface area contributed by atoms with Gasteiger partial charge < -0.3 is 14.8 Å². The second-order valence-corrected chi connectivity index (χ2v) is 5.06. The van der Waals surface area contributed by atoms with Gasteiger partial charge in [0.15, 0.2) is 18.1 Å².